The van der Waals surface area contributed by atoms with Gasteiger partial charge in [0.1, 0.15) is 11.2 Å². The molecule has 0 aliphatic heterocycles. The molecule has 6 heteroatoms. The zero-order chi connectivity index (χ0) is 40.4. The van der Waals surface area contributed by atoms with Gasteiger partial charge in [0, 0.05) is 62.1 Å². The third-order valence-electron chi connectivity index (χ3n) is 11.3. The predicted molar refractivity (Wildman–Crippen MR) is 263 cm³/mol. The van der Waals surface area contributed by atoms with Gasteiger partial charge in [-0.3, -0.25) is 9.49 Å². The minimum atomic E-state index is -2.77. The van der Waals surface area contributed by atoms with E-state index in [-0.39, 0.29) is 26.9 Å². The molecular formula is C55H51N2OP2Zn-. The molecule has 0 saturated heterocycles. The molecule has 0 bridgehead atoms. The maximum Gasteiger partial charge on any atom is 0.145 e. The van der Waals surface area contributed by atoms with Crippen LogP contribution in [-0.4, -0.2) is 0 Å². The van der Waals surface area contributed by atoms with Crippen LogP contribution in [0.25, 0.3) is 21.9 Å². The summed E-state index contributed by atoms with van der Waals surface area (Å²) in [5.41, 5.74) is 6.21. The third-order valence-corrected chi connectivity index (χ3v) is 18.6. The van der Waals surface area contributed by atoms with Crippen LogP contribution < -0.4 is 31.8 Å². The van der Waals surface area contributed by atoms with Gasteiger partial charge in [-0.25, -0.2) is 0 Å². The molecule has 9 aromatic rings. The molecule has 0 N–H and O–H groups in total. The van der Waals surface area contributed by atoms with E-state index in [0.29, 0.717) is 11.8 Å². The average molecular weight is 883 g/mol. The summed E-state index contributed by atoms with van der Waals surface area (Å²) in [6.07, 6.45) is 0. The van der Waals surface area contributed by atoms with Crippen LogP contribution in [0.3, 0.4) is 0 Å². The van der Waals surface area contributed by atoms with Crippen molar-refractivity contribution in [3.63, 3.8) is 0 Å². The predicted octanol–water partition coefficient (Wildman–Crippen LogP) is 13.9. The quantitative estimate of drug-likeness (QED) is 0.0766. The molecule has 0 saturated carbocycles. The Labute approximate surface area is 374 Å². The van der Waals surface area contributed by atoms with Crippen molar-refractivity contribution in [3.8, 4) is 0 Å². The standard InChI is InChI=1S/C54H48N2OP2.CH3.Zn/c1-39(2)45-31-17-19-35-49(45)55-58(41-23-9-5-10-24-41,42-25-11-6-12-26-42)51-37-21-33-47-48-34-22-38-52(54(48)57-53(47)51)59(43-27-13-7-14-28-43,44-29-15-8-16-30-44)56-50-36-20-18-32-46(50)40(3)4;;/h5-40H,1-4H3;1H3;/q;-1;. The summed E-state index contributed by atoms with van der Waals surface area (Å²) in [6.45, 7) is 9.00. The second-order valence-electron chi connectivity index (χ2n) is 15.6. The Balaban J connectivity index is 0.00000281. The Kier molecular flexibility index (Phi) is 13.4. The van der Waals surface area contributed by atoms with Crippen molar-refractivity contribution in [1.29, 1.82) is 0 Å². The topological polar surface area (TPSA) is 37.9 Å². The van der Waals surface area contributed by atoms with E-state index in [4.69, 9.17) is 13.9 Å². The van der Waals surface area contributed by atoms with Crippen LogP contribution in [0, 0.1) is 7.43 Å². The summed E-state index contributed by atoms with van der Waals surface area (Å²) in [5, 5.41) is 9.04. The molecular weight excluding hydrogens is 832 g/mol. The molecule has 0 atom stereocenters. The van der Waals surface area contributed by atoms with Gasteiger partial charge in [0.25, 0.3) is 0 Å². The van der Waals surface area contributed by atoms with E-state index in [1.54, 1.807) is 0 Å². The molecule has 0 fully saturated rings. The van der Waals surface area contributed by atoms with Gasteiger partial charge in [0.15, 0.2) is 0 Å². The number of hydrogen-bond acceptors (Lipinski definition) is 3. The van der Waals surface area contributed by atoms with Crippen LogP contribution >= 0.6 is 14.1 Å². The van der Waals surface area contributed by atoms with Crippen molar-refractivity contribution >= 4 is 79.2 Å². The monoisotopic (exact) mass is 881 g/mol. The number of benzene rings is 8. The number of nitrogens with zero attached hydrogens (tertiary/aromatic N) is 2. The Morgan fingerprint density at radius 1 is 0.361 bits per heavy atom. The summed E-state index contributed by atoms with van der Waals surface area (Å²) in [5.74, 6) is 0.594. The Hall–Kier alpha value is -5.36. The average Bonchev–Trinajstić information content (AvgIpc) is 3.68. The van der Waals surface area contributed by atoms with Crippen molar-refractivity contribution in [3.05, 3.63) is 225 Å². The third kappa shape index (κ3) is 7.88. The maximum atomic E-state index is 7.58. The second-order valence-corrected chi connectivity index (χ2v) is 21.6. The van der Waals surface area contributed by atoms with Gasteiger partial charge in [-0.05, 0) is 47.2 Å². The van der Waals surface area contributed by atoms with Gasteiger partial charge in [-0.2, -0.15) is 0 Å². The first-order chi connectivity index (χ1) is 28.9. The normalized spacial score (nSPS) is 11.6. The van der Waals surface area contributed by atoms with Crippen LogP contribution in [0.5, 0.6) is 0 Å². The summed E-state index contributed by atoms with van der Waals surface area (Å²) in [6, 6.07) is 74.2. The fraction of sp³-hybridized carbons (Fsp3) is 0.109. The summed E-state index contributed by atoms with van der Waals surface area (Å²) in [7, 11) is -5.54. The number of fused-ring (bicyclic) bond motifs is 3. The molecule has 1 heterocycles. The first kappa shape index (κ1) is 43.7. The first-order valence-electron chi connectivity index (χ1n) is 20.5. The molecule has 0 aliphatic rings. The van der Waals surface area contributed by atoms with Crippen molar-refractivity contribution in [2.75, 3.05) is 0 Å². The van der Waals surface area contributed by atoms with Gasteiger partial charge in [0.2, 0.25) is 0 Å². The molecule has 61 heavy (non-hydrogen) atoms. The first-order valence-corrected chi connectivity index (χ1v) is 24.0. The molecule has 3 nitrogen and oxygen atoms in total. The molecule has 8 aromatic carbocycles. The van der Waals surface area contributed by atoms with E-state index >= 15 is 0 Å². The van der Waals surface area contributed by atoms with E-state index in [1.165, 1.54) is 32.3 Å². The smallest absolute Gasteiger partial charge is 0.145 e. The van der Waals surface area contributed by atoms with E-state index < -0.39 is 14.1 Å². The van der Waals surface area contributed by atoms with Gasteiger partial charge < -0.3 is 11.8 Å². The number of para-hydroxylation sites is 2. The van der Waals surface area contributed by atoms with Crippen LogP contribution in [-0.2, 0) is 19.5 Å². The maximum absolute atomic E-state index is 7.58. The largest absolute Gasteiger partial charge is 0.455 e. The molecule has 9 rings (SSSR count). The van der Waals surface area contributed by atoms with Crippen LogP contribution in [0.15, 0.2) is 220 Å². The van der Waals surface area contributed by atoms with Crippen molar-refractivity contribution in [1.82, 2.24) is 0 Å². The molecule has 0 amide bonds. The zero-order valence-corrected chi connectivity index (χ0v) is 40.4. The molecule has 0 spiro atoms. The van der Waals surface area contributed by atoms with E-state index in [2.05, 4.69) is 234 Å². The fourth-order valence-corrected chi connectivity index (χ4v) is 15.9. The number of rotatable bonds is 10. The molecule has 1 aromatic heterocycles. The van der Waals surface area contributed by atoms with E-state index in [9.17, 15) is 0 Å². The van der Waals surface area contributed by atoms with Gasteiger partial charge in [0.05, 0.1) is 25.5 Å². The van der Waals surface area contributed by atoms with Gasteiger partial charge in [-0.1, -0.05) is 210 Å². The summed E-state index contributed by atoms with van der Waals surface area (Å²) in [4.78, 5) is 0. The Bertz CT molecular complexity index is 2720. The second kappa shape index (κ2) is 18.7. The minimum absolute atomic E-state index is 0. The Morgan fingerprint density at radius 3 is 0.967 bits per heavy atom. The fourth-order valence-electron chi connectivity index (χ4n) is 8.53. The van der Waals surface area contributed by atoms with Crippen LogP contribution in [0.1, 0.15) is 50.7 Å². The zero-order valence-electron chi connectivity index (χ0n) is 35.7. The van der Waals surface area contributed by atoms with Crippen molar-refractivity contribution < 1.29 is 23.9 Å². The number of hydrogen-bond donors (Lipinski definition) is 0. The van der Waals surface area contributed by atoms with Crippen LogP contribution in [0.2, 0.25) is 0 Å². The minimum Gasteiger partial charge on any atom is -0.455 e. The molecule has 0 aliphatic carbocycles. The summed E-state index contributed by atoms with van der Waals surface area (Å²) >= 11 is 0. The SMILES string of the molecule is CC(C)c1ccccc1N=P(c1ccccc1)(c1ccccc1)c1cccc2c1oc1c(P(=Nc3ccccc3C(C)C)(c3ccccc3)c3ccccc3)cccc12.[CH3-].[Zn]. The molecule has 0 unspecified atom stereocenters. The molecule has 0 radical (unpaired) electrons. The van der Waals surface area contributed by atoms with E-state index in [0.717, 1.165) is 43.9 Å². The number of furan rings is 1. The molecule has 300 valence electrons. The van der Waals surface area contributed by atoms with Gasteiger partial charge >= 0.3 is 0 Å². The van der Waals surface area contributed by atoms with Crippen molar-refractivity contribution in [2.24, 2.45) is 9.49 Å². The van der Waals surface area contributed by atoms with Gasteiger partial charge in [-0.15, -0.1) is 0 Å². The summed E-state index contributed by atoms with van der Waals surface area (Å²) < 4.78 is 19.6. The Morgan fingerprint density at radius 2 is 0.656 bits per heavy atom. The van der Waals surface area contributed by atoms with Crippen LogP contribution in [0.4, 0.5) is 11.4 Å². The van der Waals surface area contributed by atoms with Crippen molar-refractivity contribution in [2.45, 2.75) is 39.5 Å². The van der Waals surface area contributed by atoms with E-state index in [1.807, 2.05) is 0 Å².